The lowest BCUT2D eigenvalue weighted by molar-refractivity contribution is 0.0606. The summed E-state index contributed by atoms with van der Waals surface area (Å²) in [5.74, 6) is 0.0472. The van der Waals surface area contributed by atoms with Crippen LogP contribution in [-0.4, -0.2) is 38.3 Å². The molecule has 1 aromatic rings. The van der Waals surface area contributed by atoms with Crippen molar-refractivity contribution >= 4 is 22.4 Å². The summed E-state index contributed by atoms with van der Waals surface area (Å²) in [7, 11) is 3.03. The van der Waals surface area contributed by atoms with Gasteiger partial charge in [-0.1, -0.05) is 18.3 Å². The number of nitrogens with zero attached hydrogens (tertiary/aromatic N) is 1. The van der Waals surface area contributed by atoms with E-state index in [1.165, 1.54) is 24.6 Å². The van der Waals surface area contributed by atoms with Crippen molar-refractivity contribution in [2.45, 2.75) is 6.92 Å². The van der Waals surface area contributed by atoms with Gasteiger partial charge in [0.25, 0.3) is 0 Å². The number of esters is 1. The molecule has 90 valence electrons. The van der Waals surface area contributed by atoms with Crippen LogP contribution in [0.3, 0.4) is 0 Å². The number of rotatable bonds is 6. The van der Waals surface area contributed by atoms with Crippen LogP contribution in [0, 0.1) is 5.92 Å². The lowest BCUT2D eigenvalue weighted by Gasteiger charge is -2.09. The highest BCUT2D eigenvalue weighted by Crippen LogP contribution is 2.18. The summed E-state index contributed by atoms with van der Waals surface area (Å²) >= 11 is 1.29. The van der Waals surface area contributed by atoms with E-state index < -0.39 is 0 Å². The molecule has 6 heteroatoms. The van der Waals surface area contributed by atoms with Crippen molar-refractivity contribution in [2.24, 2.45) is 5.92 Å². The average molecular weight is 244 g/mol. The van der Waals surface area contributed by atoms with Gasteiger partial charge >= 0.3 is 5.97 Å². The van der Waals surface area contributed by atoms with Gasteiger partial charge in [0.2, 0.25) is 0 Å². The molecule has 16 heavy (non-hydrogen) atoms. The fourth-order valence-corrected chi connectivity index (χ4v) is 1.90. The molecule has 1 atom stereocenters. The summed E-state index contributed by atoms with van der Waals surface area (Å²) in [6, 6.07) is 0. The van der Waals surface area contributed by atoms with Crippen LogP contribution in [0.4, 0.5) is 5.13 Å². The van der Waals surface area contributed by atoms with Crippen LogP contribution < -0.4 is 5.32 Å². The molecular weight excluding hydrogens is 228 g/mol. The van der Waals surface area contributed by atoms with Crippen LogP contribution >= 0.6 is 11.3 Å². The van der Waals surface area contributed by atoms with Crippen LogP contribution in [0.2, 0.25) is 0 Å². The Bertz CT molecular complexity index is 341. The Balaban J connectivity index is 2.43. The summed E-state index contributed by atoms with van der Waals surface area (Å²) in [6.45, 7) is 3.54. The number of nitrogens with one attached hydrogen (secondary N) is 1. The molecule has 0 saturated heterocycles. The normalized spacial score (nSPS) is 12.2. The number of carbonyl (C=O) groups is 1. The largest absolute Gasteiger partial charge is 0.465 e. The van der Waals surface area contributed by atoms with Crippen LogP contribution in [0.1, 0.15) is 16.6 Å². The van der Waals surface area contributed by atoms with E-state index in [9.17, 15) is 4.79 Å². The van der Waals surface area contributed by atoms with E-state index in [0.717, 1.165) is 11.7 Å². The third kappa shape index (κ3) is 3.79. The summed E-state index contributed by atoms with van der Waals surface area (Å²) in [4.78, 5) is 15.8. The molecule has 0 amide bonds. The molecule has 1 unspecified atom stereocenters. The first-order valence-corrected chi connectivity index (χ1v) is 5.76. The van der Waals surface area contributed by atoms with Crippen LogP contribution in [0.5, 0.6) is 0 Å². The topological polar surface area (TPSA) is 60.5 Å². The predicted molar refractivity (Wildman–Crippen MR) is 63.0 cm³/mol. The van der Waals surface area contributed by atoms with Crippen LogP contribution in [0.15, 0.2) is 6.20 Å². The minimum Gasteiger partial charge on any atom is -0.465 e. The molecule has 0 aliphatic carbocycles. The summed E-state index contributed by atoms with van der Waals surface area (Å²) in [5.41, 5.74) is 0. The van der Waals surface area contributed by atoms with Gasteiger partial charge in [-0.15, -0.1) is 0 Å². The van der Waals surface area contributed by atoms with E-state index in [0.29, 0.717) is 17.4 Å². The van der Waals surface area contributed by atoms with Gasteiger partial charge in [-0.3, -0.25) is 0 Å². The third-order valence-electron chi connectivity index (χ3n) is 1.95. The Kier molecular flexibility index (Phi) is 5.21. The zero-order valence-electron chi connectivity index (χ0n) is 9.65. The van der Waals surface area contributed by atoms with Crippen LogP contribution in [-0.2, 0) is 9.47 Å². The maximum Gasteiger partial charge on any atom is 0.349 e. The zero-order chi connectivity index (χ0) is 12.0. The van der Waals surface area contributed by atoms with Gasteiger partial charge in [0.1, 0.15) is 4.88 Å². The highest BCUT2D eigenvalue weighted by Gasteiger charge is 2.10. The minimum absolute atomic E-state index is 0.351. The summed E-state index contributed by atoms with van der Waals surface area (Å²) in [6.07, 6.45) is 1.51. The van der Waals surface area contributed by atoms with Crippen LogP contribution in [0.25, 0.3) is 0 Å². The highest BCUT2D eigenvalue weighted by atomic mass is 32.1. The molecule has 0 radical (unpaired) electrons. The lowest BCUT2D eigenvalue weighted by atomic mass is 10.2. The number of ether oxygens (including phenoxy) is 2. The zero-order valence-corrected chi connectivity index (χ0v) is 10.5. The van der Waals surface area contributed by atoms with E-state index >= 15 is 0 Å². The molecule has 5 nitrogen and oxygen atoms in total. The first kappa shape index (κ1) is 12.9. The summed E-state index contributed by atoms with van der Waals surface area (Å²) < 4.78 is 9.62. The summed E-state index contributed by atoms with van der Waals surface area (Å²) in [5, 5.41) is 3.87. The molecule has 0 aliphatic heterocycles. The van der Waals surface area contributed by atoms with Crippen molar-refractivity contribution in [3.8, 4) is 0 Å². The number of hydrogen-bond acceptors (Lipinski definition) is 6. The van der Waals surface area contributed by atoms with Gasteiger partial charge in [0, 0.05) is 13.7 Å². The fourth-order valence-electron chi connectivity index (χ4n) is 1.16. The molecule has 0 aliphatic rings. The molecule has 0 bridgehead atoms. The number of anilines is 1. The minimum atomic E-state index is -0.351. The van der Waals surface area contributed by atoms with E-state index in [1.54, 1.807) is 7.11 Å². The third-order valence-corrected chi connectivity index (χ3v) is 2.88. The SMILES string of the molecule is COCC(C)CNc1ncc(C(=O)OC)s1. The Labute approximate surface area is 98.8 Å². The molecule has 0 spiro atoms. The Morgan fingerprint density at radius 1 is 1.62 bits per heavy atom. The van der Waals surface area contributed by atoms with E-state index in [4.69, 9.17) is 4.74 Å². The Morgan fingerprint density at radius 2 is 2.38 bits per heavy atom. The van der Waals surface area contributed by atoms with Crippen molar-refractivity contribution in [2.75, 3.05) is 32.7 Å². The van der Waals surface area contributed by atoms with E-state index in [-0.39, 0.29) is 5.97 Å². The van der Waals surface area contributed by atoms with Crippen molar-refractivity contribution in [3.63, 3.8) is 0 Å². The van der Waals surface area contributed by atoms with Crippen molar-refractivity contribution in [1.82, 2.24) is 4.98 Å². The lowest BCUT2D eigenvalue weighted by Crippen LogP contribution is -2.15. The van der Waals surface area contributed by atoms with Gasteiger partial charge in [0.15, 0.2) is 5.13 Å². The molecule has 1 N–H and O–H groups in total. The number of carbonyl (C=O) groups excluding carboxylic acids is 1. The van der Waals surface area contributed by atoms with E-state index in [1.807, 2.05) is 0 Å². The maximum absolute atomic E-state index is 11.2. The molecule has 1 aromatic heterocycles. The first-order chi connectivity index (χ1) is 7.67. The molecule has 0 aromatic carbocycles. The second-order valence-corrected chi connectivity index (χ2v) is 4.49. The van der Waals surface area contributed by atoms with Gasteiger partial charge < -0.3 is 14.8 Å². The molecular formula is C10H16N2O3S. The first-order valence-electron chi connectivity index (χ1n) is 4.94. The number of methoxy groups -OCH3 is 2. The Morgan fingerprint density at radius 3 is 3.00 bits per heavy atom. The molecule has 0 saturated carbocycles. The number of thiazole rings is 1. The number of aromatic nitrogens is 1. The quantitative estimate of drug-likeness (QED) is 0.771. The van der Waals surface area contributed by atoms with Crippen molar-refractivity contribution < 1.29 is 14.3 Å². The highest BCUT2D eigenvalue weighted by molar-refractivity contribution is 7.17. The van der Waals surface area contributed by atoms with Gasteiger partial charge in [-0.05, 0) is 5.92 Å². The van der Waals surface area contributed by atoms with Crippen molar-refractivity contribution in [3.05, 3.63) is 11.1 Å². The molecule has 0 fully saturated rings. The standard InChI is InChI=1S/C10H16N2O3S/c1-7(6-14-2)4-11-10-12-5-8(16-10)9(13)15-3/h5,7H,4,6H2,1-3H3,(H,11,12). The molecule has 1 rings (SSSR count). The second-order valence-electron chi connectivity index (χ2n) is 3.46. The Hall–Kier alpha value is -1.14. The fraction of sp³-hybridized carbons (Fsp3) is 0.600. The number of hydrogen-bond donors (Lipinski definition) is 1. The van der Waals surface area contributed by atoms with E-state index in [2.05, 4.69) is 22.0 Å². The predicted octanol–water partition coefficient (Wildman–Crippen LogP) is 1.62. The molecule has 1 heterocycles. The van der Waals surface area contributed by atoms with Gasteiger partial charge in [0.05, 0.1) is 19.9 Å². The van der Waals surface area contributed by atoms with Gasteiger partial charge in [-0.25, -0.2) is 9.78 Å². The maximum atomic E-state index is 11.2. The second kappa shape index (κ2) is 6.44. The smallest absolute Gasteiger partial charge is 0.349 e. The van der Waals surface area contributed by atoms with Gasteiger partial charge in [-0.2, -0.15) is 0 Å². The monoisotopic (exact) mass is 244 g/mol. The van der Waals surface area contributed by atoms with Crippen molar-refractivity contribution in [1.29, 1.82) is 0 Å². The average Bonchev–Trinajstić information content (AvgIpc) is 2.74.